The van der Waals surface area contributed by atoms with E-state index in [1.165, 1.54) is 0 Å². The molecule has 2 heterocycles. The van der Waals surface area contributed by atoms with Gasteiger partial charge in [-0.2, -0.15) is 5.10 Å². The first-order valence-corrected chi connectivity index (χ1v) is 11.6. The molecule has 1 fully saturated rings. The summed E-state index contributed by atoms with van der Waals surface area (Å²) in [6.45, 7) is 13.4. The fourth-order valence-electron chi connectivity index (χ4n) is 3.11. The molecule has 0 unspecified atom stereocenters. The van der Waals surface area contributed by atoms with Crippen molar-refractivity contribution in [2.24, 2.45) is 7.05 Å². The molecule has 1 atom stereocenters. The van der Waals surface area contributed by atoms with Crippen LogP contribution < -0.4 is 10.6 Å². The molecule has 24 heavy (non-hydrogen) atoms. The van der Waals surface area contributed by atoms with Crippen molar-refractivity contribution in [1.29, 1.82) is 0 Å². The third kappa shape index (κ3) is 3.17. The van der Waals surface area contributed by atoms with Crippen molar-refractivity contribution in [2.45, 2.75) is 51.4 Å². The summed E-state index contributed by atoms with van der Waals surface area (Å²) in [5.74, 6) is 0. The van der Waals surface area contributed by atoms with Crippen LogP contribution in [0.3, 0.4) is 0 Å². The predicted octanol–water partition coefficient (Wildman–Crippen LogP) is 3.76. The summed E-state index contributed by atoms with van der Waals surface area (Å²) in [6, 6.07) is 4.14. The maximum absolute atomic E-state index is 6.58. The topological polar surface area (TPSA) is 56.3 Å². The molecule has 0 saturated carbocycles. The second-order valence-corrected chi connectivity index (χ2v) is 13.3. The van der Waals surface area contributed by atoms with Gasteiger partial charge in [0.1, 0.15) is 0 Å². The summed E-state index contributed by atoms with van der Waals surface area (Å²) in [5.41, 5.74) is 9.21. The number of aryl methyl sites for hydroxylation is 1. The van der Waals surface area contributed by atoms with E-state index in [4.69, 9.17) is 10.2 Å². The van der Waals surface area contributed by atoms with Crippen molar-refractivity contribution in [3.8, 4) is 0 Å². The Morgan fingerprint density at radius 3 is 2.67 bits per heavy atom. The molecule has 0 bridgehead atoms. The van der Waals surface area contributed by atoms with Crippen LogP contribution in [-0.4, -0.2) is 37.3 Å². The molecule has 1 aliphatic rings. The number of aromatic nitrogens is 2. The normalized spacial score (nSPS) is 19.4. The highest BCUT2D eigenvalue weighted by atomic mass is 28.4. The van der Waals surface area contributed by atoms with Gasteiger partial charge in [0.2, 0.25) is 0 Å². The SMILES string of the molecule is Cn1cc2cc(N)c(N3CC[C@H](O[Si](C)(C)C(C)(C)C)C3)cc2n1. The lowest BCUT2D eigenvalue weighted by Gasteiger charge is -2.38. The van der Waals surface area contributed by atoms with Gasteiger partial charge in [-0.05, 0) is 36.7 Å². The second-order valence-electron chi connectivity index (χ2n) is 8.51. The van der Waals surface area contributed by atoms with Gasteiger partial charge in [0, 0.05) is 31.7 Å². The van der Waals surface area contributed by atoms with Crippen LogP contribution in [0.5, 0.6) is 0 Å². The number of nitrogens with two attached hydrogens (primary N) is 1. The highest BCUT2D eigenvalue weighted by Crippen LogP contribution is 2.39. The lowest BCUT2D eigenvalue weighted by molar-refractivity contribution is 0.202. The average Bonchev–Trinajstić information content (AvgIpc) is 3.01. The molecule has 0 spiro atoms. The van der Waals surface area contributed by atoms with Crippen LogP contribution in [0.4, 0.5) is 11.4 Å². The predicted molar refractivity (Wildman–Crippen MR) is 104 cm³/mol. The molecule has 5 nitrogen and oxygen atoms in total. The standard InChI is InChI=1S/C18H30N4OSi/c1-18(2,3)24(5,6)23-14-7-8-22(12-14)17-10-16-13(9-15(17)19)11-21(4)20-16/h9-11,14H,7-8,12,19H2,1-6H3/t14-/m0/s1. The quantitative estimate of drug-likeness (QED) is 0.679. The van der Waals surface area contributed by atoms with Crippen molar-refractivity contribution in [1.82, 2.24) is 9.78 Å². The lowest BCUT2D eigenvalue weighted by Crippen LogP contribution is -2.44. The summed E-state index contributed by atoms with van der Waals surface area (Å²) < 4.78 is 8.42. The minimum absolute atomic E-state index is 0.242. The van der Waals surface area contributed by atoms with Crippen LogP contribution in [0, 0.1) is 0 Å². The van der Waals surface area contributed by atoms with E-state index in [2.05, 4.69) is 49.9 Å². The van der Waals surface area contributed by atoms with Crippen LogP contribution in [0.1, 0.15) is 27.2 Å². The molecule has 3 rings (SSSR count). The molecular weight excluding hydrogens is 316 g/mol. The largest absolute Gasteiger partial charge is 0.412 e. The van der Waals surface area contributed by atoms with E-state index in [9.17, 15) is 0 Å². The Bertz CT molecular complexity index is 747. The first-order valence-electron chi connectivity index (χ1n) is 8.72. The Balaban J connectivity index is 1.77. The zero-order chi connectivity index (χ0) is 17.7. The van der Waals surface area contributed by atoms with Gasteiger partial charge in [0.05, 0.1) is 23.0 Å². The highest BCUT2D eigenvalue weighted by Gasteiger charge is 2.40. The van der Waals surface area contributed by atoms with E-state index < -0.39 is 8.32 Å². The number of anilines is 2. The number of nitrogen functional groups attached to an aromatic ring is 1. The Morgan fingerprint density at radius 1 is 1.29 bits per heavy atom. The van der Waals surface area contributed by atoms with Crippen molar-refractivity contribution in [3.63, 3.8) is 0 Å². The van der Waals surface area contributed by atoms with Crippen molar-refractivity contribution >= 4 is 30.6 Å². The van der Waals surface area contributed by atoms with Crippen LogP contribution in [0.2, 0.25) is 18.1 Å². The smallest absolute Gasteiger partial charge is 0.192 e. The van der Waals surface area contributed by atoms with Gasteiger partial charge in [-0.25, -0.2) is 0 Å². The van der Waals surface area contributed by atoms with E-state index in [1.807, 2.05) is 24.0 Å². The molecule has 1 aromatic heterocycles. The molecule has 0 aliphatic carbocycles. The minimum Gasteiger partial charge on any atom is -0.412 e. The fraction of sp³-hybridized carbons (Fsp3) is 0.611. The average molecular weight is 347 g/mol. The number of rotatable bonds is 3. The van der Waals surface area contributed by atoms with E-state index in [-0.39, 0.29) is 5.04 Å². The van der Waals surface area contributed by atoms with E-state index in [0.717, 1.165) is 41.8 Å². The van der Waals surface area contributed by atoms with Gasteiger partial charge in [0.25, 0.3) is 0 Å². The number of benzene rings is 1. The van der Waals surface area contributed by atoms with Gasteiger partial charge in [-0.3, -0.25) is 4.68 Å². The molecule has 1 aliphatic heterocycles. The molecule has 1 aromatic carbocycles. The second kappa shape index (κ2) is 5.77. The maximum atomic E-state index is 6.58. The Labute approximate surface area is 145 Å². The fourth-order valence-corrected chi connectivity index (χ4v) is 4.49. The Morgan fingerprint density at radius 2 is 2.00 bits per heavy atom. The van der Waals surface area contributed by atoms with Crippen molar-refractivity contribution in [2.75, 3.05) is 23.7 Å². The van der Waals surface area contributed by atoms with E-state index in [1.54, 1.807) is 0 Å². The van der Waals surface area contributed by atoms with Crippen LogP contribution in [0.15, 0.2) is 18.3 Å². The van der Waals surface area contributed by atoms with E-state index in [0.29, 0.717) is 6.10 Å². The lowest BCUT2D eigenvalue weighted by atomic mass is 10.2. The summed E-state index contributed by atoms with van der Waals surface area (Å²) in [4.78, 5) is 2.35. The van der Waals surface area contributed by atoms with Gasteiger partial charge in [-0.15, -0.1) is 0 Å². The van der Waals surface area contributed by atoms with Gasteiger partial charge in [0.15, 0.2) is 8.32 Å². The van der Waals surface area contributed by atoms with Gasteiger partial charge in [-0.1, -0.05) is 20.8 Å². The first kappa shape index (κ1) is 17.3. The molecular formula is C18H30N4OSi. The molecule has 1 saturated heterocycles. The molecule has 132 valence electrons. The molecule has 0 amide bonds. The van der Waals surface area contributed by atoms with Gasteiger partial charge < -0.3 is 15.1 Å². The maximum Gasteiger partial charge on any atom is 0.192 e. The Hall–Kier alpha value is -1.53. The zero-order valence-corrected chi connectivity index (χ0v) is 16.8. The van der Waals surface area contributed by atoms with E-state index >= 15 is 0 Å². The van der Waals surface area contributed by atoms with Crippen molar-refractivity contribution < 1.29 is 4.43 Å². The number of nitrogens with zero attached hydrogens (tertiary/aromatic N) is 3. The zero-order valence-electron chi connectivity index (χ0n) is 15.8. The molecule has 0 radical (unpaired) electrons. The summed E-state index contributed by atoms with van der Waals surface area (Å²) in [6.07, 6.45) is 3.36. The first-order chi connectivity index (χ1) is 11.1. The van der Waals surface area contributed by atoms with Crippen LogP contribution >= 0.6 is 0 Å². The minimum atomic E-state index is -1.73. The van der Waals surface area contributed by atoms with Crippen LogP contribution in [0.25, 0.3) is 10.9 Å². The third-order valence-corrected chi connectivity index (χ3v) is 10.1. The monoisotopic (exact) mass is 346 g/mol. The Kier molecular flexibility index (Phi) is 4.16. The number of hydrogen-bond donors (Lipinski definition) is 1. The molecule has 2 aromatic rings. The summed E-state index contributed by atoms with van der Waals surface area (Å²) in [7, 11) is 0.211. The molecule has 6 heteroatoms. The summed E-state index contributed by atoms with van der Waals surface area (Å²) >= 11 is 0. The van der Waals surface area contributed by atoms with Gasteiger partial charge >= 0.3 is 0 Å². The highest BCUT2D eigenvalue weighted by molar-refractivity contribution is 6.74. The number of hydrogen-bond acceptors (Lipinski definition) is 4. The van der Waals surface area contributed by atoms with Crippen LogP contribution in [-0.2, 0) is 11.5 Å². The number of fused-ring (bicyclic) bond motifs is 1. The molecule has 2 N–H and O–H groups in total. The third-order valence-electron chi connectivity index (χ3n) is 5.52. The van der Waals surface area contributed by atoms with Crippen molar-refractivity contribution in [3.05, 3.63) is 18.3 Å². The summed E-state index contributed by atoms with van der Waals surface area (Å²) in [5, 5.41) is 5.84.